The quantitative estimate of drug-likeness (QED) is 0.430. The summed E-state index contributed by atoms with van der Waals surface area (Å²) in [6, 6.07) is 3.28. The van der Waals surface area contributed by atoms with E-state index in [9.17, 15) is 18.0 Å². The predicted molar refractivity (Wildman–Crippen MR) is 134 cm³/mol. The predicted octanol–water partition coefficient (Wildman–Crippen LogP) is 6.35. The summed E-state index contributed by atoms with van der Waals surface area (Å²) < 4.78 is 60.5. The fourth-order valence-corrected chi connectivity index (χ4v) is 6.16. The zero-order chi connectivity index (χ0) is 26.5. The number of hydrogen-bond acceptors (Lipinski definition) is 5. The van der Waals surface area contributed by atoms with Gasteiger partial charge in [-0.3, -0.25) is 4.79 Å². The van der Waals surface area contributed by atoms with Crippen LogP contribution < -0.4 is 15.1 Å². The smallest absolute Gasteiger partial charge is 0.396 e. The van der Waals surface area contributed by atoms with Crippen LogP contribution in [0.4, 0.5) is 35.0 Å². The molecule has 37 heavy (non-hydrogen) atoms. The number of benzene rings is 1. The van der Waals surface area contributed by atoms with Crippen molar-refractivity contribution in [1.82, 2.24) is 4.98 Å². The third kappa shape index (κ3) is 5.03. The Kier molecular flexibility index (Phi) is 6.64. The molecule has 2 atom stereocenters. The molecule has 0 spiro atoms. The van der Waals surface area contributed by atoms with Gasteiger partial charge in [0.2, 0.25) is 0 Å². The lowest BCUT2D eigenvalue weighted by atomic mass is 9.75. The van der Waals surface area contributed by atoms with Crippen LogP contribution in [0, 0.1) is 17.2 Å². The highest BCUT2D eigenvalue weighted by Gasteiger charge is 2.43. The maximum absolute atomic E-state index is 15.2. The Bertz CT molecular complexity index is 1170. The summed E-state index contributed by atoms with van der Waals surface area (Å²) in [6.07, 6.45) is -0.266. The van der Waals surface area contributed by atoms with E-state index < -0.39 is 35.8 Å². The average Bonchev–Trinajstić information content (AvgIpc) is 3.51. The maximum atomic E-state index is 15.2. The van der Waals surface area contributed by atoms with Crippen LogP contribution in [0.25, 0.3) is 0 Å². The largest absolute Gasteiger partial charge is 0.427 e. The van der Waals surface area contributed by atoms with E-state index in [1.807, 2.05) is 0 Å². The molecule has 2 fully saturated rings. The first-order chi connectivity index (χ1) is 17.5. The molecular weight excluding hydrogens is 488 g/mol. The summed E-state index contributed by atoms with van der Waals surface area (Å²) >= 11 is 0. The number of anilines is 3. The molecule has 3 heterocycles. The molecule has 1 saturated heterocycles. The van der Waals surface area contributed by atoms with Crippen molar-refractivity contribution >= 4 is 23.3 Å². The summed E-state index contributed by atoms with van der Waals surface area (Å²) in [7, 11) is 0. The van der Waals surface area contributed by atoms with Crippen LogP contribution in [0.5, 0.6) is 0 Å². The van der Waals surface area contributed by atoms with Crippen LogP contribution in [0.3, 0.4) is 0 Å². The van der Waals surface area contributed by atoms with Gasteiger partial charge in [-0.1, -0.05) is 20.8 Å². The van der Waals surface area contributed by atoms with Gasteiger partial charge in [-0.15, -0.1) is 0 Å². The van der Waals surface area contributed by atoms with Crippen LogP contribution in [0.15, 0.2) is 16.5 Å². The summed E-state index contributed by atoms with van der Waals surface area (Å²) in [5.41, 5.74) is 1.23. The number of halogens is 4. The van der Waals surface area contributed by atoms with Crippen molar-refractivity contribution in [2.75, 3.05) is 34.8 Å². The highest BCUT2D eigenvalue weighted by Crippen LogP contribution is 2.42. The number of oxazole rings is 1. The summed E-state index contributed by atoms with van der Waals surface area (Å²) in [4.78, 5) is 21.1. The Morgan fingerprint density at radius 3 is 2.57 bits per heavy atom. The number of nitrogens with one attached hydrogen (secondary N) is 1. The van der Waals surface area contributed by atoms with Gasteiger partial charge in [0, 0.05) is 36.8 Å². The van der Waals surface area contributed by atoms with Crippen molar-refractivity contribution in [2.24, 2.45) is 11.3 Å². The highest BCUT2D eigenvalue weighted by atomic mass is 19.4. The van der Waals surface area contributed by atoms with Crippen LogP contribution in [0.2, 0.25) is 0 Å². The molecule has 3 aliphatic rings. The molecule has 2 unspecified atom stereocenters. The van der Waals surface area contributed by atoms with E-state index in [0.29, 0.717) is 37.2 Å². The molecular formula is C27H34F4N4O2. The molecule has 1 aliphatic carbocycles. The van der Waals surface area contributed by atoms with Gasteiger partial charge in [-0.05, 0) is 62.1 Å². The van der Waals surface area contributed by atoms with Crippen molar-refractivity contribution in [3.05, 3.63) is 35.0 Å². The Morgan fingerprint density at radius 1 is 1.22 bits per heavy atom. The monoisotopic (exact) mass is 522 g/mol. The molecule has 5 rings (SSSR count). The number of carbonyl (C=O) groups excluding carboxylic acids is 1. The van der Waals surface area contributed by atoms with Gasteiger partial charge in [-0.25, -0.2) is 4.39 Å². The summed E-state index contributed by atoms with van der Waals surface area (Å²) in [5.74, 6) is -1.19. The third-order valence-electron chi connectivity index (χ3n) is 8.50. The van der Waals surface area contributed by atoms with Crippen LogP contribution in [-0.4, -0.2) is 42.7 Å². The highest BCUT2D eigenvalue weighted by molar-refractivity contribution is 6.04. The fourth-order valence-electron chi connectivity index (χ4n) is 6.16. The lowest BCUT2D eigenvalue weighted by Gasteiger charge is -2.49. The van der Waals surface area contributed by atoms with Crippen molar-refractivity contribution < 1.29 is 26.8 Å². The molecule has 0 bridgehead atoms. The average molecular weight is 523 g/mol. The fraction of sp³-hybridized carbons (Fsp3) is 0.630. The molecule has 10 heteroatoms. The molecule has 1 N–H and O–H groups in total. The Hall–Kier alpha value is -2.78. The first-order valence-corrected chi connectivity index (χ1v) is 13.2. The second kappa shape index (κ2) is 9.51. The molecule has 202 valence electrons. The van der Waals surface area contributed by atoms with Crippen LogP contribution in [-0.2, 0) is 12.8 Å². The minimum atomic E-state index is -4.57. The number of fused-ring (bicyclic) bond motifs is 1. The number of nitrogens with zero attached hydrogens (tertiary/aromatic N) is 3. The first-order valence-electron chi connectivity index (χ1n) is 13.2. The first kappa shape index (κ1) is 25.9. The van der Waals surface area contributed by atoms with E-state index in [1.54, 1.807) is 11.0 Å². The van der Waals surface area contributed by atoms with Crippen molar-refractivity contribution in [1.29, 1.82) is 0 Å². The van der Waals surface area contributed by atoms with Crippen LogP contribution in [0.1, 0.15) is 74.7 Å². The van der Waals surface area contributed by atoms with Gasteiger partial charge < -0.3 is 19.5 Å². The molecule has 0 radical (unpaired) electrons. The van der Waals surface area contributed by atoms with Gasteiger partial charge in [0.15, 0.2) is 5.69 Å². The Labute approximate surface area is 214 Å². The molecule has 1 amide bonds. The lowest BCUT2D eigenvalue weighted by molar-refractivity contribution is -0.130. The van der Waals surface area contributed by atoms with E-state index in [4.69, 9.17) is 4.42 Å². The molecule has 6 nitrogen and oxygen atoms in total. The minimum Gasteiger partial charge on any atom is -0.427 e. The van der Waals surface area contributed by atoms with Gasteiger partial charge in [0.05, 0.1) is 5.69 Å². The molecule has 2 aromatic rings. The standard InChI is InChI=1S/C27H34F4N4O2/c1-4-26(5-2)14-34(15-26)25-33-22(21(37-25)13-27(29,30)31)24(36)32-18-11-17-8-9-35(23(17)20(28)12-18)19-7-6-16(3)10-19/h11-12,16,19H,4-10,13-15H2,1-3H3,(H,32,36). The van der Waals surface area contributed by atoms with Gasteiger partial charge in [0.25, 0.3) is 11.9 Å². The number of amides is 1. The second-order valence-corrected chi connectivity index (χ2v) is 11.1. The minimum absolute atomic E-state index is 0.0171. The number of alkyl halides is 3. The van der Waals surface area contributed by atoms with E-state index >= 15 is 4.39 Å². The third-order valence-corrected chi connectivity index (χ3v) is 8.50. The molecule has 1 saturated carbocycles. The SMILES string of the molecule is CCC1(CC)CN(c2nc(C(=O)Nc3cc(F)c4c(c3)CCN4C3CCC(C)C3)c(CC(F)(F)F)o2)C1. The maximum Gasteiger partial charge on any atom is 0.396 e. The van der Waals surface area contributed by atoms with Crippen molar-refractivity contribution in [3.63, 3.8) is 0 Å². The zero-order valence-corrected chi connectivity index (χ0v) is 21.6. The molecule has 2 aliphatic heterocycles. The van der Waals surface area contributed by atoms with E-state index in [-0.39, 0.29) is 17.1 Å². The van der Waals surface area contributed by atoms with Crippen molar-refractivity contribution in [2.45, 2.75) is 77.9 Å². The van der Waals surface area contributed by atoms with Crippen molar-refractivity contribution in [3.8, 4) is 0 Å². The summed E-state index contributed by atoms with van der Waals surface area (Å²) in [5, 5.41) is 2.57. The topological polar surface area (TPSA) is 61.6 Å². The Balaban J connectivity index is 1.36. The van der Waals surface area contributed by atoms with Gasteiger partial charge in [0.1, 0.15) is 18.0 Å². The number of rotatable bonds is 7. The summed E-state index contributed by atoms with van der Waals surface area (Å²) in [6.45, 7) is 8.30. The van der Waals surface area contributed by atoms with Gasteiger partial charge in [-0.2, -0.15) is 18.2 Å². The number of aromatic nitrogens is 1. The second-order valence-electron chi connectivity index (χ2n) is 11.1. The van der Waals surface area contributed by atoms with E-state index in [2.05, 4.69) is 36.0 Å². The normalized spacial score (nSPS) is 22.8. The van der Waals surface area contributed by atoms with Crippen LogP contribution >= 0.6 is 0 Å². The Morgan fingerprint density at radius 2 is 1.95 bits per heavy atom. The van der Waals surface area contributed by atoms with Gasteiger partial charge >= 0.3 is 6.18 Å². The molecule has 1 aromatic carbocycles. The lowest BCUT2D eigenvalue weighted by Crippen LogP contribution is -2.56. The van der Waals surface area contributed by atoms with E-state index in [0.717, 1.165) is 44.2 Å². The number of hydrogen-bond donors (Lipinski definition) is 1. The molecule has 1 aromatic heterocycles. The van der Waals surface area contributed by atoms with E-state index in [1.165, 1.54) is 6.07 Å². The zero-order valence-electron chi connectivity index (χ0n) is 21.6. The number of carbonyl (C=O) groups is 1.